The Morgan fingerprint density at radius 3 is 2.68 bits per heavy atom. The van der Waals surface area contributed by atoms with Gasteiger partial charge >= 0.3 is 0 Å². The van der Waals surface area contributed by atoms with Crippen molar-refractivity contribution in [2.75, 3.05) is 53.6 Å². The molecule has 2 fully saturated rings. The minimum atomic E-state index is 0.0261. The predicted molar refractivity (Wildman–Crippen MR) is 95.0 cm³/mol. The average Bonchev–Trinajstić information content (AvgIpc) is 2.93. The first-order valence-electron chi connectivity index (χ1n) is 8.90. The van der Waals surface area contributed by atoms with Crippen molar-refractivity contribution in [1.82, 2.24) is 9.80 Å². The number of likely N-dealkylation sites (tertiary alicyclic amines) is 2. The topological polar surface area (TPSA) is 51.2 Å². The minimum Gasteiger partial charge on any atom is -0.493 e. The maximum Gasteiger partial charge on any atom is 0.260 e. The Hall–Kier alpha value is -1.79. The number of benzene rings is 1. The Balaban J connectivity index is 1.48. The Labute approximate surface area is 149 Å². The fraction of sp³-hybridized carbons (Fsp3) is 0.632. The molecule has 6 heteroatoms. The molecule has 0 aliphatic carbocycles. The fourth-order valence-corrected chi connectivity index (χ4v) is 3.91. The largest absolute Gasteiger partial charge is 0.493 e. The van der Waals surface area contributed by atoms with E-state index in [1.165, 1.54) is 0 Å². The first-order valence-corrected chi connectivity index (χ1v) is 8.90. The molecule has 0 bridgehead atoms. The molecule has 1 atom stereocenters. The van der Waals surface area contributed by atoms with E-state index in [-0.39, 0.29) is 18.1 Å². The first kappa shape index (κ1) is 18.0. The van der Waals surface area contributed by atoms with Crippen molar-refractivity contribution in [1.29, 1.82) is 0 Å². The van der Waals surface area contributed by atoms with Gasteiger partial charge in [-0.25, -0.2) is 0 Å². The van der Waals surface area contributed by atoms with Crippen LogP contribution in [0.2, 0.25) is 0 Å². The fourth-order valence-electron chi connectivity index (χ4n) is 3.91. The first-order chi connectivity index (χ1) is 12.1. The highest BCUT2D eigenvalue weighted by Gasteiger charge is 2.53. The number of rotatable bonds is 7. The second-order valence-electron chi connectivity index (χ2n) is 7.02. The summed E-state index contributed by atoms with van der Waals surface area (Å²) in [5.41, 5.74) is 0.127. The SMILES string of the molecule is CCOC[C@H]1CN(C)C2(C1)CN(C(=O)COc1ccccc1OC)C2. The summed E-state index contributed by atoms with van der Waals surface area (Å²) >= 11 is 0. The Kier molecular flexibility index (Phi) is 5.49. The van der Waals surface area contributed by atoms with Crippen molar-refractivity contribution in [3.63, 3.8) is 0 Å². The van der Waals surface area contributed by atoms with Crippen molar-refractivity contribution < 1.29 is 19.0 Å². The molecule has 0 unspecified atom stereocenters. The molecule has 1 spiro atoms. The lowest BCUT2D eigenvalue weighted by atomic mass is 9.84. The molecule has 2 heterocycles. The van der Waals surface area contributed by atoms with Crippen molar-refractivity contribution >= 4 is 5.91 Å². The van der Waals surface area contributed by atoms with Gasteiger partial charge in [0.1, 0.15) is 0 Å². The highest BCUT2D eigenvalue weighted by Crippen LogP contribution is 2.39. The molecule has 0 saturated carbocycles. The molecular weight excluding hydrogens is 320 g/mol. The quantitative estimate of drug-likeness (QED) is 0.750. The van der Waals surface area contributed by atoms with Gasteiger partial charge in [0.2, 0.25) is 0 Å². The third-order valence-corrected chi connectivity index (χ3v) is 5.31. The zero-order valence-electron chi connectivity index (χ0n) is 15.4. The van der Waals surface area contributed by atoms with Crippen LogP contribution in [0, 0.1) is 5.92 Å². The van der Waals surface area contributed by atoms with E-state index in [9.17, 15) is 4.79 Å². The highest BCUT2D eigenvalue weighted by atomic mass is 16.5. The molecule has 2 aliphatic rings. The summed E-state index contributed by atoms with van der Waals surface area (Å²) in [5.74, 6) is 1.83. The third-order valence-electron chi connectivity index (χ3n) is 5.31. The molecule has 0 radical (unpaired) electrons. The molecule has 6 nitrogen and oxygen atoms in total. The summed E-state index contributed by atoms with van der Waals surface area (Å²) in [5, 5.41) is 0. The molecule has 1 aromatic carbocycles. The van der Waals surface area contributed by atoms with E-state index in [4.69, 9.17) is 14.2 Å². The summed E-state index contributed by atoms with van der Waals surface area (Å²) in [4.78, 5) is 16.7. The summed E-state index contributed by atoms with van der Waals surface area (Å²) < 4.78 is 16.5. The number of amides is 1. The summed E-state index contributed by atoms with van der Waals surface area (Å²) in [6, 6.07) is 7.38. The minimum absolute atomic E-state index is 0.0261. The lowest BCUT2D eigenvalue weighted by molar-refractivity contribution is -0.145. The van der Waals surface area contributed by atoms with Gasteiger partial charge in [0.15, 0.2) is 18.1 Å². The smallest absolute Gasteiger partial charge is 0.260 e. The lowest BCUT2D eigenvalue weighted by Gasteiger charge is -2.51. The number of hydrogen-bond donors (Lipinski definition) is 0. The van der Waals surface area contributed by atoms with E-state index in [2.05, 4.69) is 11.9 Å². The van der Waals surface area contributed by atoms with Crippen LogP contribution in [0.4, 0.5) is 0 Å². The maximum absolute atomic E-state index is 12.4. The highest BCUT2D eigenvalue weighted by molar-refractivity contribution is 5.79. The monoisotopic (exact) mass is 348 g/mol. The Bertz CT molecular complexity index is 601. The van der Waals surface area contributed by atoms with Gasteiger partial charge in [0, 0.05) is 26.2 Å². The van der Waals surface area contributed by atoms with E-state index in [0.717, 1.165) is 39.3 Å². The van der Waals surface area contributed by atoms with Gasteiger partial charge in [-0.2, -0.15) is 0 Å². The van der Waals surface area contributed by atoms with E-state index >= 15 is 0 Å². The van der Waals surface area contributed by atoms with Gasteiger partial charge < -0.3 is 19.1 Å². The number of methoxy groups -OCH3 is 1. The van der Waals surface area contributed by atoms with Gasteiger partial charge in [0.25, 0.3) is 5.91 Å². The molecule has 1 aromatic rings. The molecular formula is C19H28N2O4. The molecule has 0 N–H and O–H groups in total. The number of ether oxygens (including phenoxy) is 3. The molecule has 3 rings (SSSR count). The molecule has 25 heavy (non-hydrogen) atoms. The number of carbonyl (C=O) groups is 1. The van der Waals surface area contributed by atoms with Crippen LogP contribution < -0.4 is 9.47 Å². The average molecular weight is 348 g/mol. The summed E-state index contributed by atoms with van der Waals surface area (Å²) in [6.07, 6.45) is 1.10. The number of nitrogens with zero attached hydrogens (tertiary/aromatic N) is 2. The summed E-state index contributed by atoms with van der Waals surface area (Å²) in [7, 11) is 3.75. The molecule has 2 aliphatic heterocycles. The molecule has 2 saturated heterocycles. The van der Waals surface area contributed by atoms with Gasteiger partial charge in [-0.15, -0.1) is 0 Å². The second kappa shape index (κ2) is 7.62. The van der Waals surface area contributed by atoms with E-state index in [1.807, 2.05) is 36.1 Å². The van der Waals surface area contributed by atoms with Crippen LogP contribution in [-0.2, 0) is 9.53 Å². The summed E-state index contributed by atoms with van der Waals surface area (Å²) in [6.45, 7) is 6.24. The van der Waals surface area contributed by atoms with Gasteiger partial charge in [-0.3, -0.25) is 9.69 Å². The number of para-hydroxylation sites is 2. The van der Waals surface area contributed by atoms with Crippen LogP contribution in [-0.4, -0.2) is 74.9 Å². The van der Waals surface area contributed by atoms with Crippen molar-refractivity contribution in [2.24, 2.45) is 5.92 Å². The third kappa shape index (κ3) is 3.75. The molecule has 1 amide bonds. The van der Waals surface area contributed by atoms with E-state index in [1.54, 1.807) is 7.11 Å². The van der Waals surface area contributed by atoms with Crippen molar-refractivity contribution in [2.45, 2.75) is 18.9 Å². The van der Waals surface area contributed by atoms with Crippen LogP contribution >= 0.6 is 0 Å². The zero-order valence-corrected chi connectivity index (χ0v) is 15.4. The van der Waals surface area contributed by atoms with Crippen LogP contribution in [0.3, 0.4) is 0 Å². The van der Waals surface area contributed by atoms with Crippen LogP contribution in [0.15, 0.2) is 24.3 Å². The van der Waals surface area contributed by atoms with Gasteiger partial charge in [-0.05, 0) is 38.4 Å². The van der Waals surface area contributed by atoms with Gasteiger partial charge in [-0.1, -0.05) is 12.1 Å². The standard InChI is InChI=1S/C19H28N2O4/c1-4-24-11-15-9-19(20(2)10-15)13-21(14-19)18(22)12-25-17-8-6-5-7-16(17)23-3/h5-8,15H,4,9-14H2,1-3H3/t15-/m1/s1. The molecule has 138 valence electrons. The normalized spacial score (nSPS) is 22.0. The Morgan fingerprint density at radius 2 is 2.00 bits per heavy atom. The number of hydrogen-bond acceptors (Lipinski definition) is 5. The van der Waals surface area contributed by atoms with Gasteiger partial charge in [0.05, 0.1) is 19.3 Å². The van der Waals surface area contributed by atoms with E-state index < -0.39 is 0 Å². The number of likely N-dealkylation sites (N-methyl/N-ethyl adjacent to an activating group) is 1. The van der Waals surface area contributed by atoms with Crippen LogP contribution in [0.5, 0.6) is 11.5 Å². The van der Waals surface area contributed by atoms with Crippen LogP contribution in [0.25, 0.3) is 0 Å². The second-order valence-corrected chi connectivity index (χ2v) is 7.02. The molecule has 0 aromatic heterocycles. The number of carbonyl (C=O) groups excluding carboxylic acids is 1. The lowest BCUT2D eigenvalue weighted by Crippen LogP contribution is -2.68. The Morgan fingerprint density at radius 1 is 1.28 bits per heavy atom. The van der Waals surface area contributed by atoms with E-state index in [0.29, 0.717) is 17.4 Å². The predicted octanol–water partition coefficient (Wildman–Crippen LogP) is 1.64. The van der Waals surface area contributed by atoms with Crippen LogP contribution in [0.1, 0.15) is 13.3 Å². The van der Waals surface area contributed by atoms with Crippen molar-refractivity contribution in [3.8, 4) is 11.5 Å². The maximum atomic E-state index is 12.4. The van der Waals surface area contributed by atoms with Crippen molar-refractivity contribution in [3.05, 3.63) is 24.3 Å². The zero-order chi connectivity index (χ0) is 17.9.